The van der Waals surface area contributed by atoms with Gasteiger partial charge in [0.05, 0.1) is 47.6 Å². The van der Waals surface area contributed by atoms with Crippen LogP contribution in [0.2, 0.25) is 0 Å². The van der Waals surface area contributed by atoms with E-state index in [1.807, 2.05) is 26.8 Å². The number of carbonyl (C=O) groups excluding carboxylic acids is 1. The molecule has 0 spiro atoms. The molecular weight excluding hydrogens is 464 g/mol. The van der Waals surface area contributed by atoms with E-state index in [1.54, 1.807) is 13.2 Å². The number of hydrogen-bond donors (Lipinski definition) is 1. The van der Waals surface area contributed by atoms with Crippen LogP contribution in [0.1, 0.15) is 51.3 Å². The van der Waals surface area contributed by atoms with Gasteiger partial charge in [-0.25, -0.2) is 0 Å². The van der Waals surface area contributed by atoms with E-state index in [0.717, 1.165) is 5.56 Å². The van der Waals surface area contributed by atoms with Gasteiger partial charge in [-0.05, 0) is 47.9 Å². The molecule has 8 heteroatoms. The molecule has 1 N–H and O–H groups in total. The normalized spacial score (nSPS) is 19.7. The Morgan fingerprint density at radius 2 is 1.44 bits per heavy atom. The van der Waals surface area contributed by atoms with Crippen molar-refractivity contribution < 1.29 is 38.3 Å². The van der Waals surface area contributed by atoms with E-state index >= 15 is 0 Å². The number of aliphatic hydroxyl groups excluding tert-OH is 1. The maximum absolute atomic E-state index is 13.1. The van der Waals surface area contributed by atoms with Crippen molar-refractivity contribution in [1.29, 1.82) is 0 Å². The minimum atomic E-state index is -0.844. The van der Waals surface area contributed by atoms with E-state index in [4.69, 9.17) is 28.4 Å². The van der Waals surface area contributed by atoms with Crippen LogP contribution in [0.5, 0.6) is 34.5 Å². The van der Waals surface area contributed by atoms with E-state index in [9.17, 15) is 9.90 Å². The molecule has 3 rings (SSSR count). The Kier molecular flexibility index (Phi) is 8.61. The Hall–Kier alpha value is -3.13. The zero-order valence-corrected chi connectivity index (χ0v) is 22.7. The summed E-state index contributed by atoms with van der Waals surface area (Å²) in [5, 5.41) is 11.5. The predicted molar refractivity (Wildman–Crippen MR) is 137 cm³/mol. The van der Waals surface area contributed by atoms with Crippen LogP contribution in [-0.4, -0.2) is 46.6 Å². The Morgan fingerprint density at radius 1 is 0.889 bits per heavy atom. The quantitative estimate of drug-likeness (QED) is 0.389. The maximum Gasteiger partial charge on any atom is 0.314 e. The van der Waals surface area contributed by atoms with E-state index in [1.165, 1.54) is 28.4 Å². The minimum absolute atomic E-state index is 0.0854. The second-order valence-corrected chi connectivity index (χ2v) is 9.30. The van der Waals surface area contributed by atoms with Gasteiger partial charge in [0.15, 0.2) is 23.0 Å². The molecule has 0 unspecified atom stereocenters. The number of esters is 1. The summed E-state index contributed by atoms with van der Waals surface area (Å²) < 4.78 is 34.6. The molecule has 2 aromatic carbocycles. The molecule has 0 saturated heterocycles. The van der Waals surface area contributed by atoms with Gasteiger partial charge in [-0.3, -0.25) is 4.79 Å². The number of benzene rings is 2. The van der Waals surface area contributed by atoms with Crippen molar-refractivity contribution in [1.82, 2.24) is 0 Å². The molecule has 2 aromatic rings. The molecule has 0 heterocycles. The van der Waals surface area contributed by atoms with E-state index < -0.39 is 12.1 Å². The molecule has 1 aliphatic rings. The van der Waals surface area contributed by atoms with Crippen LogP contribution in [0.4, 0.5) is 0 Å². The Morgan fingerprint density at radius 3 is 1.97 bits per heavy atom. The van der Waals surface area contributed by atoms with Crippen LogP contribution < -0.4 is 28.4 Å². The monoisotopic (exact) mass is 502 g/mol. The first-order valence-corrected chi connectivity index (χ1v) is 12.2. The average Bonchev–Trinajstić information content (AvgIpc) is 2.89. The van der Waals surface area contributed by atoms with Crippen molar-refractivity contribution >= 4 is 5.97 Å². The lowest BCUT2D eigenvalue weighted by molar-refractivity contribution is -0.138. The summed E-state index contributed by atoms with van der Waals surface area (Å²) in [6.07, 6.45) is 0.368. The zero-order valence-electron chi connectivity index (χ0n) is 22.7. The second-order valence-electron chi connectivity index (χ2n) is 9.30. The number of aliphatic hydroxyl groups is 1. The summed E-state index contributed by atoms with van der Waals surface area (Å²) in [6, 6.07) is 3.66. The largest absolute Gasteiger partial charge is 0.493 e. The highest BCUT2D eigenvalue weighted by Gasteiger charge is 2.37. The summed E-state index contributed by atoms with van der Waals surface area (Å²) in [4.78, 5) is 13.1. The SMILES string of the molecule is CC[C@H](C)C(=O)Oc1c(OC)c(OC)cc2c1-c1c(cc(OC)c(OC)c1OC)[C@H](O)[C@H](C)[C@@H](C)C2. The molecule has 0 fully saturated rings. The fourth-order valence-corrected chi connectivity index (χ4v) is 4.71. The number of fused-ring (bicyclic) bond motifs is 3. The molecule has 0 aliphatic heterocycles. The van der Waals surface area contributed by atoms with E-state index in [0.29, 0.717) is 52.5 Å². The lowest BCUT2D eigenvalue weighted by atomic mass is 9.76. The molecule has 0 saturated carbocycles. The predicted octanol–water partition coefficient (Wildman–Crippen LogP) is 5.21. The number of methoxy groups -OCH3 is 5. The summed E-state index contributed by atoms with van der Waals surface area (Å²) in [5.74, 6) is 1.37. The Bertz CT molecular complexity index is 1110. The lowest BCUT2D eigenvalue weighted by Crippen LogP contribution is -2.24. The van der Waals surface area contributed by atoms with Crippen molar-refractivity contribution in [2.24, 2.45) is 17.8 Å². The van der Waals surface area contributed by atoms with Gasteiger partial charge in [0.1, 0.15) is 0 Å². The van der Waals surface area contributed by atoms with Gasteiger partial charge in [0, 0.05) is 11.1 Å². The molecular formula is C28H38O8. The summed E-state index contributed by atoms with van der Waals surface area (Å²) in [6.45, 7) is 7.84. The fourth-order valence-electron chi connectivity index (χ4n) is 4.71. The van der Waals surface area contributed by atoms with Crippen LogP contribution in [0.25, 0.3) is 11.1 Å². The first kappa shape index (κ1) is 27.5. The first-order chi connectivity index (χ1) is 17.2. The third-order valence-corrected chi connectivity index (χ3v) is 7.29. The van der Waals surface area contributed by atoms with Crippen molar-refractivity contribution in [2.45, 2.75) is 46.6 Å². The third kappa shape index (κ3) is 4.66. The first-order valence-electron chi connectivity index (χ1n) is 12.2. The summed E-state index contributed by atoms with van der Waals surface area (Å²) in [7, 11) is 7.63. The van der Waals surface area contributed by atoms with Gasteiger partial charge in [-0.1, -0.05) is 27.7 Å². The number of ether oxygens (including phenoxy) is 6. The topological polar surface area (TPSA) is 92.7 Å². The van der Waals surface area contributed by atoms with Crippen LogP contribution in [0, 0.1) is 17.8 Å². The number of carbonyl (C=O) groups is 1. The van der Waals surface area contributed by atoms with Crippen molar-refractivity contribution in [3.8, 4) is 45.6 Å². The molecule has 8 nitrogen and oxygen atoms in total. The molecule has 4 atom stereocenters. The van der Waals surface area contributed by atoms with Crippen LogP contribution in [-0.2, 0) is 11.2 Å². The Balaban J connectivity index is 2.55. The average molecular weight is 503 g/mol. The maximum atomic E-state index is 13.1. The minimum Gasteiger partial charge on any atom is -0.493 e. The number of rotatable bonds is 8. The van der Waals surface area contributed by atoms with Crippen LogP contribution >= 0.6 is 0 Å². The third-order valence-electron chi connectivity index (χ3n) is 7.29. The Labute approximate surface area is 213 Å². The lowest BCUT2D eigenvalue weighted by Gasteiger charge is -2.33. The molecule has 0 radical (unpaired) electrons. The highest BCUT2D eigenvalue weighted by molar-refractivity contribution is 5.91. The summed E-state index contributed by atoms with van der Waals surface area (Å²) >= 11 is 0. The van der Waals surface area contributed by atoms with Crippen LogP contribution in [0.3, 0.4) is 0 Å². The molecule has 36 heavy (non-hydrogen) atoms. The van der Waals surface area contributed by atoms with Crippen molar-refractivity contribution in [3.05, 3.63) is 23.3 Å². The van der Waals surface area contributed by atoms with Gasteiger partial charge in [-0.15, -0.1) is 0 Å². The van der Waals surface area contributed by atoms with Crippen molar-refractivity contribution in [2.75, 3.05) is 35.5 Å². The van der Waals surface area contributed by atoms with E-state index in [-0.39, 0.29) is 29.3 Å². The van der Waals surface area contributed by atoms with Crippen LogP contribution in [0.15, 0.2) is 12.1 Å². The highest BCUT2D eigenvalue weighted by atomic mass is 16.6. The van der Waals surface area contributed by atoms with Gasteiger partial charge in [-0.2, -0.15) is 0 Å². The second kappa shape index (κ2) is 11.3. The highest BCUT2D eigenvalue weighted by Crippen LogP contribution is 2.57. The van der Waals surface area contributed by atoms with Gasteiger partial charge in [0.2, 0.25) is 11.5 Å². The molecule has 0 aromatic heterocycles. The molecule has 0 bridgehead atoms. The molecule has 198 valence electrons. The molecule has 0 amide bonds. The van der Waals surface area contributed by atoms with Gasteiger partial charge in [0.25, 0.3) is 0 Å². The molecule has 1 aliphatic carbocycles. The van der Waals surface area contributed by atoms with Gasteiger partial charge < -0.3 is 33.5 Å². The standard InChI is InChI=1S/C28H38O8/c1-10-14(2)28(30)36-27-21-17(12-19(31-5)25(27)34-8)11-15(3)16(4)23(29)18-13-20(32-6)24(33-7)26(35-9)22(18)21/h12-16,23,29H,10-11H2,1-9H3/t14-,15-,16+,23+/m0/s1. The van der Waals surface area contributed by atoms with Gasteiger partial charge >= 0.3 is 5.97 Å². The van der Waals surface area contributed by atoms with E-state index in [2.05, 4.69) is 6.92 Å². The summed E-state index contributed by atoms with van der Waals surface area (Å²) in [5.41, 5.74) is 2.61. The zero-order chi connectivity index (χ0) is 26.7. The number of hydrogen-bond acceptors (Lipinski definition) is 8. The van der Waals surface area contributed by atoms with Crippen molar-refractivity contribution in [3.63, 3.8) is 0 Å². The fraction of sp³-hybridized carbons (Fsp3) is 0.536. The smallest absolute Gasteiger partial charge is 0.314 e.